The van der Waals surface area contributed by atoms with Crippen LogP contribution in [0.2, 0.25) is 0 Å². The standard InChI is InChI=1S/C13H15N5O2/c1-7-3-6-10(18(19)20)8(2)11(7)17-12(9-4-5-9)13(14)15-16-17/h3,6,9H,4-5,14H2,1-2H3. The summed E-state index contributed by atoms with van der Waals surface area (Å²) in [4.78, 5) is 10.7. The van der Waals surface area contributed by atoms with Crippen LogP contribution in [0.4, 0.5) is 11.5 Å². The summed E-state index contributed by atoms with van der Waals surface area (Å²) in [5.41, 5.74) is 9.06. The first-order valence-electron chi connectivity index (χ1n) is 6.46. The van der Waals surface area contributed by atoms with E-state index in [2.05, 4.69) is 10.3 Å². The molecular formula is C13H15N5O2. The lowest BCUT2D eigenvalue weighted by molar-refractivity contribution is -0.385. The van der Waals surface area contributed by atoms with Crippen molar-refractivity contribution in [3.05, 3.63) is 39.1 Å². The molecule has 0 saturated heterocycles. The third kappa shape index (κ3) is 1.82. The van der Waals surface area contributed by atoms with Crippen LogP contribution in [-0.2, 0) is 0 Å². The number of hydrogen-bond donors (Lipinski definition) is 1. The third-order valence-electron chi connectivity index (χ3n) is 3.71. The molecule has 0 aliphatic heterocycles. The Kier molecular flexibility index (Phi) is 2.70. The van der Waals surface area contributed by atoms with E-state index in [1.807, 2.05) is 6.92 Å². The SMILES string of the molecule is Cc1ccc([N+](=O)[O-])c(C)c1-n1nnc(N)c1C1CC1. The zero-order chi connectivity index (χ0) is 14.4. The van der Waals surface area contributed by atoms with Crippen molar-refractivity contribution in [1.82, 2.24) is 15.0 Å². The molecule has 0 unspecified atom stereocenters. The maximum atomic E-state index is 11.1. The number of nitrogen functional groups attached to an aromatic ring is 1. The highest BCUT2D eigenvalue weighted by Crippen LogP contribution is 2.43. The van der Waals surface area contributed by atoms with E-state index >= 15 is 0 Å². The number of aromatic nitrogens is 3. The van der Waals surface area contributed by atoms with E-state index in [9.17, 15) is 10.1 Å². The summed E-state index contributed by atoms with van der Waals surface area (Å²) in [6.45, 7) is 3.63. The predicted octanol–water partition coefficient (Wildman–Crippen LogP) is 2.25. The van der Waals surface area contributed by atoms with Gasteiger partial charge in [-0.15, -0.1) is 5.10 Å². The van der Waals surface area contributed by atoms with E-state index in [-0.39, 0.29) is 10.6 Å². The number of nitrogens with two attached hydrogens (primary N) is 1. The van der Waals surface area contributed by atoms with Crippen molar-refractivity contribution in [3.8, 4) is 5.69 Å². The van der Waals surface area contributed by atoms with E-state index < -0.39 is 0 Å². The van der Waals surface area contributed by atoms with Gasteiger partial charge in [0.2, 0.25) is 0 Å². The molecule has 0 spiro atoms. The largest absolute Gasteiger partial charge is 0.381 e. The molecule has 1 saturated carbocycles. The number of nitrogens with zero attached hydrogens (tertiary/aromatic N) is 4. The van der Waals surface area contributed by atoms with Gasteiger partial charge in [-0.1, -0.05) is 11.3 Å². The summed E-state index contributed by atoms with van der Waals surface area (Å²) in [7, 11) is 0. The molecule has 20 heavy (non-hydrogen) atoms. The molecule has 1 aromatic heterocycles. The Hall–Kier alpha value is -2.44. The predicted molar refractivity (Wildman–Crippen MR) is 73.9 cm³/mol. The second-order valence-electron chi connectivity index (χ2n) is 5.18. The first-order valence-corrected chi connectivity index (χ1v) is 6.46. The van der Waals surface area contributed by atoms with Crippen LogP contribution in [0.25, 0.3) is 5.69 Å². The molecule has 0 amide bonds. The van der Waals surface area contributed by atoms with E-state index in [4.69, 9.17) is 5.73 Å². The Balaban J connectivity index is 2.24. The normalized spacial score (nSPS) is 14.5. The molecule has 1 aromatic carbocycles. The number of hydrogen-bond acceptors (Lipinski definition) is 5. The molecule has 1 aliphatic rings. The van der Waals surface area contributed by atoms with Crippen LogP contribution in [0.15, 0.2) is 12.1 Å². The lowest BCUT2D eigenvalue weighted by atomic mass is 10.1. The average Bonchev–Trinajstić information content (AvgIpc) is 3.14. The van der Waals surface area contributed by atoms with Crippen molar-refractivity contribution < 1.29 is 4.92 Å². The van der Waals surface area contributed by atoms with Crippen molar-refractivity contribution in [2.24, 2.45) is 0 Å². The van der Waals surface area contributed by atoms with Gasteiger partial charge in [-0.25, -0.2) is 4.68 Å². The molecule has 1 heterocycles. The van der Waals surface area contributed by atoms with Gasteiger partial charge in [0.15, 0.2) is 5.82 Å². The monoisotopic (exact) mass is 273 g/mol. The van der Waals surface area contributed by atoms with Gasteiger partial charge in [0.1, 0.15) is 0 Å². The molecule has 0 radical (unpaired) electrons. The lowest BCUT2D eigenvalue weighted by Gasteiger charge is -2.12. The number of rotatable bonds is 3. The Labute approximate surface area is 115 Å². The number of benzene rings is 1. The minimum atomic E-state index is -0.380. The lowest BCUT2D eigenvalue weighted by Crippen LogP contribution is -2.08. The second-order valence-corrected chi connectivity index (χ2v) is 5.18. The van der Waals surface area contributed by atoms with Crippen LogP contribution in [0.3, 0.4) is 0 Å². The van der Waals surface area contributed by atoms with Crippen LogP contribution in [0, 0.1) is 24.0 Å². The van der Waals surface area contributed by atoms with Gasteiger partial charge < -0.3 is 5.73 Å². The van der Waals surface area contributed by atoms with Gasteiger partial charge in [-0.2, -0.15) is 0 Å². The molecule has 2 aromatic rings. The van der Waals surface area contributed by atoms with Crippen molar-refractivity contribution in [1.29, 1.82) is 0 Å². The minimum absolute atomic E-state index is 0.0846. The fourth-order valence-electron chi connectivity index (χ4n) is 2.55. The number of nitro benzene ring substituents is 1. The van der Waals surface area contributed by atoms with Gasteiger partial charge in [-0.3, -0.25) is 10.1 Å². The van der Waals surface area contributed by atoms with E-state index in [0.29, 0.717) is 23.0 Å². The zero-order valence-corrected chi connectivity index (χ0v) is 11.3. The van der Waals surface area contributed by atoms with Crippen molar-refractivity contribution in [2.75, 3.05) is 5.73 Å². The van der Waals surface area contributed by atoms with Crippen LogP contribution >= 0.6 is 0 Å². The van der Waals surface area contributed by atoms with Crippen LogP contribution in [0.5, 0.6) is 0 Å². The Bertz CT molecular complexity index is 703. The second kappa shape index (κ2) is 4.29. The Morgan fingerprint density at radius 3 is 2.70 bits per heavy atom. The highest BCUT2D eigenvalue weighted by atomic mass is 16.6. The first kappa shape index (κ1) is 12.6. The van der Waals surface area contributed by atoms with E-state index in [1.165, 1.54) is 6.07 Å². The van der Waals surface area contributed by atoms with E-state index in [1.54, 1.807) is 17.7 Å². The summed E-state index contributed by atoms with van der Waals surface area (Å²) in [5, 5.41) is 19.1. The van der Waals surface area contributed by atoms with Gasteiger partial charge in [0.05, 0.1) is 21.9 Å². The van der Waals surface area contributed by atoms with Crippen molar-refractivity contribution in [2.45, 2.75) is 32.6 Å². The summed E-state index contributed by atoms with van der Waals surface area (Å²) < 4.78 is 1.67. The molecule has 0 atom stereocenters. The van der Waals surface area contributed by atoms with Gasteiger partial charge in [-0.05, 0) is 32.3 Å². The first-order chi connectivity index (χ1) is 9.50. The molecule has 104 valence electrons. The summed E-state index contributed by atoms with van der Waals surface area (Å²) in [6.07, 6.45) is 2.12. The average molecular weight is 273 g/mol. The minimum Gasteiger partial charge on any atom is -0.381 e. The molecule has 0 bridgehead atoms. The number of nitro groups is 1. The smallest absolute Gasteiger partial charge is 0.274 e. The molecule has 2 N–H and O–H groups in total. The highest BCUT2D eigenvalue weighted by molar-refractivity contribution is 5.58. The quantitative estimate of drug-likeness (QED) is 0.682. The third-order valence-corrected chi connectivity index (χ3v) is 3.71. The van der Waals surface area contributed by atoms with Crippen molar-refractivity contribution in [3.63, 3.8) is 0 Å². The topological polar surface area (TPSA) is 99.9 Å². The molecule has 3 rings (SSSR count). The maximum Gasteiger partial charge on any atom is 0.274 e. The fourth-order valence-corrected chi connectivity index (χ4v) is 2.55. The molecule has 1 aliphatic carbocycles. The highest BCUT2D eigenvalue weighted by Gasteiger charge is 2.32. The molecular weight excluding hydrogens is 258 g/mol. The molecule has 1 fully saturated rings. The Morgan fingerprint density at radius 2 is 2.10 bits per heavy atom. The van der Waals surface area contributed by atoms with Crippen LogP contribution < -0.4 is 5.73 Å². The number of anilines is 1. The summed E-state index contributed by atoms with van der Waals surface area (Å²) >= 11 is 0. The molecule has 7 heteroatoms. The summed E-state index contributed by atoms with van der Waals surface area (Å²) in [5.74, 6) is 0.779. The molecule has 7 nitrogen and oxygen atoms in total. The Morgan fingerprint density at radius 1 is 1.40 bits per heavy atom. The van der Waals surface area contributed by atoms with E-state index in [0.717, 1.165) is 24.1 Å². The zero-order valence-electron chi connectivity index (χ0n) is 11.3. The van der Waals surface area contributed by atoms with Gasteiger partial charge in [0, 0.05) is 12.0 Å². The van der Waals surface area contributed by atoms with Crippen molar-refractivity contribution >= 4 is 11.5 Å². The number of aryl methyl sites for hydroxylation is 1. The maximum absolute atomic E-state index is 11.1. The fraction of sp³-hybridized carbons (Fsp3) is 0.385. The van der Waals surface area contributed by atoms with Gasteiger partial charge in [0.25, 0.3) is 5.69 Å². The van der Waals surface area contributed by atoms with Crippen LogP contribution in [0.1, 0.15) is 35.6 Å². The summed E-state index contributed by atoms with van der Waals surface area (Å²) in [6, 6.07) is 3.25. The van der Waals surface area contributed by atoms with Gasteiger partial charge >= 0.3 is 0 Å². The van der Waals surface area contributed by atoms with Crippen LogP contribution in [-0.4, -0.2) is 19.9 Å².